The van der Waals surface area contributed by atoms with Crippen LogP contribution in [0.3, 0.4) is 0 Å². The molecule has 0 saturated heterocycles. The monoisotopic (exact) mass is 398 g/mol. The third-order valence-corrected chi connectivity index (χ3v) is 8.12. The molecular weight excluding hydrogens is 374 g/mol. The first-order chi connectivity index (χ1) is 11.4. The van der Waals surface area contributed by atoms with E-state index in [-0.39, 0.29) is 26.4 Å². The lowest BCUT2D eigenvalue weighted by atomic mass is 10.2. The molecule has 1 atom stereocenters. The largest absolute Gasteiger partial charge is 0.361 e. The summed E-state index contributed by atoms with van der Waals surface area (Å²) in [5.74, 6) is 0. The summed E-state index contributed by atoms with van der Waals surface area (Å²) in [6.07, 6.45) is 0. The normalized spacial score (nSPS) is 13.9. The molecule has 1 rings (SSSR count). The van der Waals surface area contributed by atoms with E-state index in [2.05, 4.69) is 0 Å². The quantitative estimate of drug-likeness (QED) is 0.382. The van der Waals surface area contributed by atoms with Crippen molar-refractivity contribution >= 4 is 32.1 Å². The summed E-state index contributed by atoms with van der Waals surface area (Å²) in [5, 5.41) is -0.664. The highest BCUT2D eigenvalue weighted by Gasteiger charge is 2.36. The fourth-order valence-electron chi connectivity index (χ4n) is 2.08. The number of hydrogen-bond donors (Lipinski definition) is 0. The van der Waals surface area contributed by atoms with Crippen LogP contribution in [0, 0.1) is 0 Å². The fourth-order valence-corrected chi connectivity index (χ4v) is 5.76. The van der Waals surface area contributed by atoms with Crippen molar-refractivity contribution in [3.63, 3.8) is 0 Å². The molecule has 0 aliphatic rings. The molecule has 24 heavy (non-hydrogen) atoms. The molecule has 0 aromatic heterocycles. The van der Waals surface area contributed by atoms with E-state index in [0.29, 0.717) is 10.9 Å². The molecule has 0 aliphatic heterocycles. The first-order valence-corrected chi connectivity index (χ1v) is 11.5. The van der Waals surface area contributed by atoms with Crippen LogP contribution >= 0.6 is 26.8 Å². The third-order valence-electron chi connectivity index (χ3n) is 2.96. The molecule has 0 spiro atoms. The first kappa shape index (κ1) is 21.9. The topological polar surface area (TPSA) is 71.1 Å². The number of alkyl halides is 1. The molecule has 0 heterocycles. The molecule has 1 aromatic carbocycles. The number of hydrogen-bond acceptors (Lipinski definition) is 6. The minimum absolute atomic E-state index is 0.205. The maximum Gasteiger partial charge on any atom is 0.361 e. The Balaban J connectivity index is 3.23. The lowest BCUT2D eigenvalue weighted by Gasteiger charge is -2.23. The maximum atomic E-state index is 12.9. The van der Waals surface area contributed by atoms with Crippen molar-refractivity contribution in [1.82, 2.24) is 0 Å². The smallest absolute Gasteiger partial charge is 0.308 e. The highest BCUT2D eigenvalue weighted by molar-refractivity contribution is 7.62. The molecular formula is C15H25ClO6P2. The second kappa shape index (κ2) is 10.1. The first-order valence-electron chi connectivity index (χ1n) is 7.89. The summed E-state index contributed by atoms with van der Waals surface area (Å²) < 4.78 is 46.9. The van der Waals surface area contributed by atoms with Gasteiger partial charge in [-0.2, -0.15) is 0 Å². The molecule has 0 saturated carbocycles. The Labute approximate surface area is 148 Å². The van der Waals surface area contributed by atoms with Crippen LogP contribution in [0.5, 0.6) is 0 Å². The van der Waals surface area contributed by atoms with Crippen molar-refractivity contribution in [3.8, 4) is 0 Å². The summed E-state index contributed by atoms with van der Waals surface area (Å²) in [6, 6.07) is 6.53. The molecule has 0 fully saturated rings. The molecule has 138 valence electrons. The van der Waals surface area contributed by atoms with Gasteiger partial charge in [0.25, 0.3) is 0 Å². The molecule has 0 N–H and O–H groups in total. The van der Waals surface area contributed by atoms with Crippen LogP contribution in [0.1, 0.15) is 38.4 Å². The summed E-state index contributed by atoms with van der Waals surface area (Å²) in [4.78, 5) is 0. The van der Waals surface area contributed by atoms with Gasteiger partial charge in [-0.05, 0) is 45.4 Å². The highest BCUT2D eigenvalue weighted by atomic mass is 35.5. The molecule has 0 aliphatic carbocycles. The lowest BCUT2D eigenvalue weighted by molar-refractivity contribution is 0.218. The molecule has 6 nitrogen and oxygen atoms in total. The molecule has 0 amide bonds. The summed E-state index contributed by atoms with van der Waals surface area (Å²) in [6.45, 7) is 7.78. The predicted molar refractivity (Wildman–Crippen MR) is 96.4 cm³/mol. The molecule has 1 unspecified atom stereocenters. The summed E-state index contributed by atoms with van der Waals surface area (Å²) in [7, 11) is -6.99. The minimum atomic E-state index is -3.54. The van der Waals surface area contributed by atoms with Gasteiger partial charge >= 0.3 is 15.2 Å². The Hall–Kier alpha value is -0.190. The van der Waals surface area contributed by atoms with Crippen molar-refractivity contribution in [1.29, 1.82) is 0 Å². The van der Waals surface area contributed by atoms with Gasteiger partial charge in [-0.15, -0.1) is 11.6 Å². The van der Waals surface area contributed by atoms with E-state index in [1.165, 1.54) is 0 Å². The van der Waals surface area contributed by atoms with Crippen LogP contribution in [0.25, 0.3) is 0 Å². The molecule has 9 heteroatoms. The SMILES string of the molecule is CCOP(=O)(OCC)c1cccc(C(Cl)P(=O)(OCC)OCC)c1. The lowest BCUT2D eigenvalue weighted by Crippen LogP contribution is -2.12. The average molecular weight is 399 g/mol. The Bertz CT molecular complexity index is 589. The second-order valence-electron chi connectivity index (χ2n) is 4.64. The third kappa shape index (κ3) is 5.40. The van der Waals surface area contributed by atoms with Crippen molar-refractivity contribution in [3.05, 3.63) is 29.8 Å². The Morgan fingerprint density at radius 3 is 1.88 bits per heavy atom. The summed E-state index contributed by atoms with van der Waals surface area (Å²) >= 11 is 6.36. The van der Waals surface area contributed by atoms with Crippen LogP contribution in [-0.4, -0.2) is 26.4 Å². The Morgan fingerprint density at radius 2 is 1.42 bits per heavy atom. The van der Waals surface area contributed by atoms with E-state index >= 15 is 0 Å². The zero-order valence-electron chi connectivity index (χ0n) is 14.4. The average Bonchev–Trinajstić information content (AvgIpc) is 2.55. The van der Waals surface area contributed by atoms with E-state index in [1.807, 2.05) is 0 Å². The predicted octanol–water partition coefficient (Wildman–Crippen LogP) is 5.08. The van der Waals surface area contributed by atoms with Gasteiger partial charge in [-0.3, -0.25) is 9.13 Å². The Morgan fingerprint density at radius 1 is 0.917 bits per heavy atom. The highest BCUT2D eigenvalue weighted by Crippen LogP contribution is 2.63. The van der Waals surface area contributed by atoms with Crippen molar-refractivity contribution in [2.24, 2.45) is 0 Å². The van der Waals surface area contributed by atoms with E-state index in [0.717, 1.165) is 0 Å². The number of halogens is 1. The van der Waals surface area contributed by atoms with E-state index in [4.69, 9.17) is 29.7 Å². The van der Waals surface area contributed by atoms with Crippen LogP contribution < -0.4 is 5.30 Å². The van der Waals surface area contributed by atoms with Gasteiger partial charge in [0, 0.05) is 0 Å². The number of benzene rings is 1. The van der Waals surface area contributed by atoms with Gasteiger partial charge < -0.3 is 18.1 Å². The van der Waals surface area contributed by atoms with Gasteiger partial charge in [-0.25, -0.2) is 0 Å². The molecule has 0 radical (unpaired) electrons. The van der Waals surface area contributed by atoms with Gasteiger partial charge in [0.2, 0.25) is 0 Å². The van der Waals surface area contributed by atoms with E-state index in [1.54, 1.807) is 52.0 Å². The standard InChI is InChI=1S/C15H25ClO6P2/c1-5-19-23(17,20-6-2)14-11-9-10-13(12-14)15(16)24(18,21-7-3)22-8-4/h9-12,15H,5-8H2,1-4H3. The minimum Gasteiger partial charge on any atom is -0.308 e. The van der Waals surface area contributed by atoms with Crippen LogP contribution in [0.2, 0.25) is 0 Å². The Kier molecular flexibility index (Phi) is 9.18. The fraction of sp³-hybridized carbons (Fsp3) is 0.600. The van der Waals surface area contributed by atoms with Gasteiger partial charge in [0.15, 0.2) is 5.12 Å². The van der Waals surface area contributed by atoms with Gasteiger partial charge in [0.1, 0.15) is 0 Å². The van der Waals surface area contributed by atoms with Crippen molar-refractivity contribution in [2.45, 2.75) is 32.8 Å². The van der Waals surface area contributed by atoms with Gasteiger partial charge in [0.05, 0.1) is 31.7 Å². The molecule has 1 aromatic rings. The van der Waals surface area contributed by atoms with E-state index < -0.39 is 20.3 Å². The zero-order valence-corrected chi connectivity index (χ0v) is 17.0. The van der Waals surface area contributed by atoms with Crippen LogP contribution in [-0.2, 0) is 27.2 Å². The van der Waals surface area contributed by atoms with Gasteiger partial charge in [-0.1, -0.05) is 12.1 Å². The molecule has 0 bridgehead atoms. The zero-order chi connectivity index (χ0) is 18.2. The number of rotatable bonds is 11. The second-order valence-corrected chi connectivity index (χ2v) is 9.52. The van der Waals surface area contributed by atoms with Crippen molar-refractivity contribution < 1.29 is 27.2 Å². The summed E-state index contributed by atoms with van der Waals surface area (Å²) in [5.41, 5.74) is 0.471. The van der Waals surface area contributed by atoms with E-state index in [9.17, 15) is 9.13 Å². The van der Waals surface area contributed by atoms with Crippen LogP contribution in [0.15, 0.2) is 24.3 Å². The van der Waals surface area contributed by atoms with Crippen molar-refractivity contribution in [2.75, 3.05) is 26.4 Å². The van der Waals surface area contributed by atoms with Crippen LogP contribution in [0.4, 0.5) is 0 Å². The maximum absolute atomic E-state index is 12.9.